The van der Waals surface area contributed by atoms with E-state index >= 15 is 0 Å². The van der Waals surface area contributed by atoms with Crippen molar-refractivity contribution in [2.24, 2.45) is 0 Å². The minimum Gasteiger partial charge on any atom is -0.449 e. The van der Waals surface area contributed by atoms with Crippen molar-refractivity contribution in [2.45, 2.75) is 51.7 Å². The molecule has 2 aromatic carbocycles. The highest BCUT2D eigenvalue weighted by atomic mass is 16.5. The summed E-state index contributed by atoms with van der Waals surface area (Å²) in [5.74, 6) is -0.870. The number of esters is 1. The normalized spacial score (nSPS) is 15.5. The van der Waals surface area contributed by atoms with E-state index in [0.717, 1.165) is 24.8 Å². The molecule has 2 amide bonds. The first-order valence-electron chi connectivity index (χ1n) is 10.5. The summed E-state index contributed by atoms with van der Waals surface area (Å²) in [4.78, 5) is 38.9. The van der Waals surface area contributed by atoms with Gasteiger partial charge in [-0.05, 0) is 43.5 Å². The lowest BCUT2D eigenvalue weighted by atomic mass is 10.0. The Morgan fingerprint density at radius 1 is 1.13 bits per heavy atom. The fourth-order valence-corrected chi connectivity index (χ4v) is 3.59. The van der Waals surface area contributed by atoms with E-state index in [-0.39, 0.29) is 17.9 Å². The molecule has 158 valence electrons. The van der Waals surface area contributed by atoms with Crippen molar-refractivity contribution in [3.8, 4) is 0 Å². The number of benzene rings is 2. The quantitative estimate of drug-likeness (QED) is 0.670. The maximum atomic E-state index is 12.6. The lowest BCUT2D eigenvalue weighted by Gasteiger charge is -2.21. The van der Waals surface area contributed by atoms with Crippen LogP contribution < -0.4 is 10.2 Å². The van der Waals surface area contributed by atoms with E-state index in [2.05, 4.69) is 12.2 Å². The van der Waals surface area contributed by atoms with Gasteiger partial charge in [-0.1, -0.05) is 49.7 Å². The van der Waals surface area contributed by atoms with Crippen LogP contribution in [0.4, 0.5) is 5.69 Å². The highest BCUT2D eigenvalue weighted by molar-refractivity contribution is 5.98. The summed E-state index contributed by atoms with van der Waals surface area (Å²) >= 11 is 0. The smallest absolute Gasteiger partial charge is 0.338 e. The summed E-state index contributed by atoms with van der Waals surface area (Å²) in [5, 5.41) is 2.98. The Labute approximate surface area is 177 Å². The molecule has 3 rings (SSSR count). The van der Waals surface area contributed by atoms with Crippen LogP contribution in [0.3, 0.4) is 0 Å². The van der Waals surface area contributed by atoms with Crippen molar-refractivity contribution in [3.63, 3.8) is 0 Å². The second-order valence-corrected chi connectivity index (χ2v) is 7.51. The second-order valence-electron chi connectivity index (χ2n) is 7.51. The topological polar surface area (TPSA) is 75.7 Å². The van der Waals surface area contributed by atoms with Gasteiger partial charge in [-0.15, -0.1) is 0 Å². The molecule has 0 aliphatic carbocycles. The minimum absolute atomic E-state index is 0.0520. The van der Waals surface area contributed by atoms with Gasteiger partial charge < -0.3 is 15.0 Å². The number of nitrogens with zero attached hydrogens (tertiary/aromatic N) is 1. The zero-order valence-electron chi connectivity index (χ0n) is 17.5. The molecule has 0 bridgehead atoms. The lowest BCUT2D eigenvalue weighted by Crippen LogP contribution is -2.38. The number of amides is 2. The molecule has 1 aliphatic rings. The van der Waals surface area contributed by atoms with Crippen LogP contribution >= 0.6 is 0 Å². The van der Waals surface area contributed by atoms with Gasteiger partial charge in [-0.25, -0.2) is 4.79 Å². The predicted octanol–water partition coefficient (Wildman–Crippen LogP) is 4.02. The zero-order valence-corrected chi connectivity index (χ0v) is 17.5. The maximum absolute atomic E-state index is 12.6. The molecule has 0 unspecified atom stereocenters. The van der Waals surface area contributed by atoms with Gasteiger partial charge in [-0.2, -0.15) is 0 Å². The largest absolute Gasteiger partial charge is 0.449 e. The summed E-state index contributed by atoms with van der Waals surface area (Å²) in [6.07, 6.45) is 2.10. The van der Waals surface area contributed by atoms with Gasteiger partial charge in [0.2, 0.25) is 5.91 Å². The Bertz CT molecular complexity index is 897. The number of carbonyl (C=O) groups excluding carboxylic acids is 3. The Morgan fingerprint density at radius 3 is 2.57 bits per heavy atom. The fourth-order valence-electron chi connectivity index (χ4n) is 3.59. The molecule has 0 aromatic heterocycles. The molecule has 1 N–H and O–H groups in total. The van der Waals surface area contributed by atoms with Gasteiger partial charge in [0.1, 0.15) is 0 Å². The Kier molecular flexibility index (Phi) is 7.22. The number of hydrogen-bond donors (Lipinski definition) is 1. The molecule has 6 heteroatoms. The van der Waals surface area contributed by atoms with Crippen molar-refractivity contribution >= 4 is 23.5 Å². The first-order valence-corrected chi connectivity index (χ1v) is 10.5. The van der Waals surface area contributed by atoms with Crippen molar-refractivity contribution in [1.82, 2.24) is 5.32 Å². The third kappa shape index (κ3) is 5.26. The molecule has 1 fully saturated rings. The first kappa shape index (κ1) is 21.6. The van der Waals surface area contributed by atoms with Crippen LogP contribution in [0.15, 0.2) is 54.6 Å². The van der Waals surface area contributed by atoms with Crippen molar-refractivity contribution in [1.29, 1.82) is 0 Å². The number of ether oxygens (including phenoxy) is 1. The molecule has 0 radical (unpaired) electrons. The molecular formula is C24H28N2O4. The van der Waals surface area contributed by atoms with Gasteiger partial charge in [0.25, 0.3) is 5.91 Å². The number of hydrogen-bond acceptors (Lipinski definition) is 4. The summed E-state index contributed by atoms with van der Waals surface area (Å²) in [5.41, 5.74) is 2.02. The summed E-state index contributed by atoms with van der Waals surface area (Å²) in [6, 6.07) is 16.4. The van der Waals surface area contributed by atoms with E-state index in [0.29, 0.717) is 24.2 Å². The summed E-state index contributed by atoms with van der Waals surface area (Å²) in [7, 11) is 0. The average Bonchev–Trinajstić information content (AvgIpc) is 3.20. The predicted molar refractivity (Wildman–Crippen MR) is 115 cm³/mol. The van der Waals surface area contributed by atoms with Crippen LogP contribution in [0.5, 0.6) is 0 Å². The third-order valence-electron chi connectivity index (χ3n) is 5.22. The summed E-state index contributed by atoms with van der Waals surface area (Å²) in [6.45, 7) is 4.27. The van der Waals surface area contributed by atoms with Gasteiger partial charge >= 0.3 is 5.97 Å². The van der Waals surface area contributed by atoms with Gasteiger partial charge in [0, 0.05) is 18.7 Å². The van der Waals surface area contributed by atoms with Crippen LogP contribution in [-0.4, -0.2) is 30.4 Å². The van der Waals surface area contributed by atoms with Gasteiger partial charge in [0.05, 0.1) is 11.6 Å². The number of rotatable bonds is 8. The number of anilines is 1. The molecule has 1 heterocycles. The molecular weight excluding hydrogens is 380 g/mol. The Hall–Kier alpha value is -3.15. The SMILES string of the molecule is CCC[C@H](NC(=O)[C@@H](C)OC(=O)c1cccc(N2CCCC2=O)c1)c1ccccc1. The van der Waals surface area contributed by atoms with Crippen LogP contribution in [-0.2, 0) is 14.3 Å². The van der Waals surface area contributed by atoms with Crippen molar-refractivity contribution in [3.05, 3.63) is 65.7 Å². The highest BCUT2D eigenvalue weighted by Gasteiger charge is 2.25. The molecule has 6 nitrogen and oxygen atoms in total. The van der Waals surface area contributed by atoms with E-state index in [1.807, 2.05) is 30.3 Å². The Morgan fingerprint density at radius 2 is 1.90 bits per heavy atom. The number of carbonyl (C=O) groups is 3. The van der Waals surface area contributed by atoms with E-state index in [1.54, 1.807) is 36.1 Å². The number of nitrogens with one attached hydrogen (secondary N) is 1. The molecule has 2 atom stereocenters. The standard InChI is InChI=1S/C24H28N2O4/c1-3-9-21(18-10-5-4-6-11-18)25-23(28)17(2)30-24(29)19-12-7-13-20(16-19)26-15-8-14-22(26)27/h4-7,10-13,16-17,21H,3,8-9,14-15H2,1-2H3,(H,25,28)/t17-,21+/m1/s1. The highest BCUT2D eigenvalue weighted by Crippen LogP contribution is 2.23. The van der Waals surface area contributed by atoms with E-state index < -0.39 is 12.1 Å². The molecule has 30 heavy (non-hydrogen) atoms. The molecule has 0 spiro atoms. The minimum atomic E-state index is -0.933. The molecule has 2 aromatic rings. The van der Waals surface area contributed by atoms with Crippen LogP contribution in [0.2, 0.25) is 0 Å². The monoisotopic (exact) mass is 408 g/mol. The van der Waals surface area contributed by atoms with Crippen molar-refractivity contribution < 1.29 is 19.1 Å². The van der Waals surface area contributed by atoms with E-state index in [9.17, 15) is 14.4 Å². The molecule has 0 saturated carbocycles. The van der Waals surface area contributed by atoms with Crippen molar-refractivity contribution in [2.75, 3.05) is 11.4 Å². The second kappa shape index (κ2) is 10.1. The van der Waals surface area contributed by atoms with Crippen LogP contribution in [0.25, 0.3) is 0 Å². The summed E-state index contributed by atoms with van der Waals surface area (Å²) < 4.78 is 5.40. The zero-order chi connectivity index (χ0) is 21.5. The third-order valence-corrected chi connectivity index (χ3v) is 5.22. The average molecular weight is 408 g/mol. The fraction of sp³-hybridized carbons (Fsp3) is 0.375. The lowest BCUT2D eigenvalue weighted by molar-refractivity contribution is -0.130. The molecule has 1 aliphatic heterocycles. The Balaban J connectivity index is 1.63. The van der Waals surface area contributed by atoms with Gasteiger partial charge in [-0.3, -0.25) is 9.59 Å². The van der Waals surface area contributed by atoms with E-state index in [4.69, 9.17) is 4.74 Å². The van der Waals surface area contributed by atoms with E-state index in [1.165, 1.54) is 0 Å². The van der Waals surface area contributed by atoms with Gasteiger partial charge in [0.15, 0.2) is 6.10 Å². The van der Waals surface area contributed by atoms with Crippen LogP contribution in [0, 0.1) is 0 Å². The molecule has 1 saturated heterocycles. The first-order chi connectivity index (χ1) is 14.5. The maximum Gasteiger partial charge on any atom is 0.338 e. The van der Waals surface area contributed by atoms with Crippen LogP contribution in [0.1, 0.15) is 61.5 Å².